The smallest absolute Gasteiger partial charge is 0.328 e. The van der Waals surface area contributed by atoms with Crippen molar-refractivity contribution in [3.05, 3.63) is 12.2 Å². The zero-order valence-electron chi connectivity index (χ0n) is 11.2. The van der Waals surface area contributed by atoms with Crippen LogP contribution in [0.2, 0.25) is 0 Å². The van der Waals surface area contributed by atoms with Crippen LogP contribution >= 0.6 is 0 Å². The Balaban J connectivity index is 2.40. The van der Waals surface area contributed by atoms with Gasteiger partial charge in [-0.05, 0) is 24.2 Å². The SMILES string of the molecule is CC(C)(CNC(=O)/C=C/C(=O)O)C1CCCCC1. The van der Waals surface area contributed by atoms with E-state index in [4.69, 9.17) is 5.11 Å². The number of hydrogen-bond donors (Lipinski definition) is 2. The molecule has 0 heterocycles. The molecule has 1 amide bonds. The molecule has 18 heavy (non-hydrogen) atoms. The number of carbonyl (C=O) groups is 2. The number of carbonyl (C=O) groups excluding carboxylic acids is 1. The van der Waals surface area contributed by atoms with Gasteiger partial charge in [0.25, 0.3) is 0 Å². The Morgan fingerprint density at radius 3 is 2.39 bits per heavy atom. The summed E-state index contributed by atoms with van der Waals surface area (Å²) in [6.45, 7) is 4.94. The second kappa shape index (κ2) is 6.57. The van der Waals surface area contributed by atoms with Crippen LogP contribution in [0.4, 0.5) is 0 Å². The summed E-state index contributed by atoms with van der Waals surface area (Å²) in [5.74, 6) is -0.784. The number of carboxylic acids is 1. The predicted octanol–water partition coefficient (Wildman–Crippen LogP) is 2.35. The topological polar surface area (TPSA) is 66.4 Å². The minimum absolute atomic E-state index is 0.0765. The van der Waals surface area contributed by atoms with E-state index in [2.05, 4.69) is 19.2 Å². The minimum atomic E-state index is -1.10. The van der Waals surface area contributed by atoms with Gasteiger partial charge in [-0.25, -0.2) is 4.79 Å². The van der Waals surface area contributed by atoms with Gasteiger partial charge in [0.05, 0.1) is 0 Å². The van der Waals surface area contributed by atoms with Gasteiger partial charge in [-0.2, -0.15) is 0 Å². The Bertz CT molecular complexity index is 328. The van der Waals surface area contributed by atoms with E-state index in [-0.39, 0.29) is 11.3 Å². The minimum Gasteiger partial charge on any atom is -0.478 e. The largest absolute Gasteiger partial charge is 0.478 e. The lowest BCUT2D eigenvalue weighted by Gasteiger charge is -2.37. The standard InChI is InChI=1S/C14H23NO3/c1-14(2,11-6-4-3-5-7-11)10-15-12(16)8-9-13(17)18/h8-9,11H,3-7,10H2,1-2H3,(H,15,16)(H,17,18)/b9-8+. The lowest BCUT2D eigenvalue weighted by molar-refractivity contribution is -0.131. The van der Waals surface area contributed by atoms with Crippen LogP contribution < -0.4 is 5.32 Å². The van der Waals surface area contributed by atoms with Crippen molar-refractivity contribution in [3.63, 3.8) is 0 Å². The van der Waals surface area contributed by atoms with Crippen molar-refractivity contribution in [2.45, 2.75) is 46.0 Å². The molecule has 0 saturated heterocycles. The molecule has 2 N–H and O–H groups in total. The molecular formula is C14H23NO3. The normalized spacial score (nSPS) is 17.9. The summed E-state index contributed by atoms with van der Waals surface area (Å²) in [6.07, 6.45) is 8.27. The number of hydrogen-bond acceptors (Lipinski definition) is 2. The highest BCUT2D eigenvalue weighted by Gasteiger charge is 2.30. The molecule has 1 rings (SSSR count). The molecular weight excluding hydrogens is 230 g/mol. The third-order valence-corrected chi connectivity index (χ3v) is 3.81. The van der Waals surface area contributed by atoms with Crippen LogP contribution in [0.25, 0.3) is 0 Å². The molecule has 102 valence electrons. The molecule has 0 unspecified atom stereocenters. The quantitative estimate of drug-likeness (QED) is 0.739. The maximum absolute atomic E-state index is 11.4. The summed E-state index contributed by atoms with van der Waals surface area (Å²) >= 11 is 0. The molecule has 0 bridgehead atoms. The Kier molecular flexibility index (Phi) is 5.38. The highest BCUT2D eigenvalue weighted by Crippen LogP contribution is 2.37. The Labute approximate surface area is 108 Å². The maximum Gasteiger partial charge on any atom is 0.328 e. The molecule has 0 atom stereocenters. The zero-order chi connectivity index (χ0) is 13.6. The Hall–Kier alpha value is -1.32. The highest BCUT2D eigenvalue weighted by atomic mass is 16.4. The first-order valence-corrected chi connectivity index (χ1v) is 6.60. The molecule has 1 aliphatic rings. The van der Waals surface area contributed by atoms with Crippen molar-refractivity contribution in [2.24, 2.45) is 11.3 Å². The summed E-state index contributed by atoms with van der Waals surface area (Å²) in [5, 5.41) is 11.2. The molecule has 0 aromatic carbocycles. The second-order valence-electron chi connectivity index (χ2n) is 5.71. The predicted molar refractivity (Wildman–Crippen MR) is 70.1 cm³/mol. The van der Waals surface area contributed by atoms with Crippen LogP contribution in [0, 0.1) is 11.3 Å². The summed E-state index contributed by atoms with van der Waals surface area (Å²) in [6, 6.07) is 0. The van der Waals surface area contributed by atoms with Crippen molar-refractivity contribution >= 4 is 11.9 Å². The molecule has 0 spiro atoms. The van der Waals surface area contributed by atoms with Gasteiger partial charge < -0.3 is 10.4 Å². The first kappa shape index (κ1) is 14.7. The highest BCUT2D eigenvalue weighted by molar-refractivity contribution is 5.93. The van der Waals surface area contributed by atoms with E-state index in [1.54, 1.807) is 0 Å². The number of carboxylic acid groups (broad SMARTS) is 1. The van der Waals surface area contributed by atoms with Gasteiger partial charge in [0.1, 0.15) is 0 Å². The van der Waals surface area contributed by atoms with Crippen molar-refractivity contribution in [1.82, 2.24) is 5.32 Å². The average molecular weight is 253 g/mol. The third kappa shape index (κ3) is 4.90. The van der Waals surface area contributed by atoms with Gasteiger partial charge in [0.2, 0.25) is 5.91 Å². The maximum atomic E-state index is 11.4. The van der Waals surface area contributed by atoms with E-state index in [1.807, 2.05) is 0 Å². The van der Waals surface area contributed by atoms with E-state index in [1.165, 1.54) is 32.1 Å². The van der Waals surface area contributed by atoms with Crippen LogP contribution in [0.5, 0.6) is 0 Å². The fraction of sp³-hybridized carbons (Fsp3) is 0.714. The molecule has 1 saturated carbocycles. The summed E-state index contributed by atoms with van der Waals surface area (Å²) in [4.78, 5) is 21.7. The summed E-state index contributed by atoms with van der Waals surface area (Å²) in [7, 11) is 0. The molecule has 1 aliphatic carbocycles. The van der Waals surface area contributed by atoms with Crippen LogP contribution in [-0.4, -0.2) is 23.5 Å². The van der Waals surface area contributed by atoms with Crippen LogP contribution in [0.1, 0.15) is 46.0 Å². The van der Waals surface area contributed by atoms with Gasteiger partial charge in [-0.1, -0.05) is 33.1 Å². The number of aliphatic carboxylic acids is 1. The van der Waals surface area contributed by atoms with Gasteiger partial charge >= 0.3 is 5.97 Å². The van der Waals surface area contributed by atoms with E-state index < -0.39 is 5.97 Å². The van der Waals surface area contributed by atoms with Gasteiger partial charge in [0, 0.05) is 18.7 Å². The molecule has 0 aromatic rings. The van der Waals surface area contributed by atoms with E-state index >= 15 is 0 Å². The van der Waals surface area contributed by atoms with Gasteiger partial charge in [0.15, 0.2) is 0 Å². The van der Waals surface area contributed by atoms with Crippen LogP contribution in [0.15, 0.2) is 12.2 Å². The lowest BCUT2D eigenvalue weighted by atomic mass is 9.71. The number of amides is 1. The first-order valence-electron chi connectivity index (χ1n) is 6.60. The number of rotatable bonds is 5. The molecule has 0 aliphatic heterocycles. The van der Waals surface area contributed by atoms with E-state index in [9.17, 15) is 9.59 Å². The summed E-state index contributed by atoms with van der Waals surface area (Å²) < 4.78 is 0. The first-order chi connectivity index (χ1) is 8.42. The van der Waals surface area contributed by atoms with Crippen molar-refractivity contribution in [1.29, 1.82) is 0 Å². The lowest BCUT2D eigenvalue weighted by Crippen LogP contribution is -2.38. The van der Waals surface area contributed by atoms with Crippen molar-refractivity contribution in [3.8, 4) is 0 Å². The molecule has 4 nitrogen and oxygen atoms in total. The molecule has 4 heteroatoms. The van der Waals surface area contributed by atoms with Crippen LogP contribution in [-0.2, 0) is 9.59 Å². The Morgan fingerprint density at radius 1 is 1.22 bits per heavy atom. The van der Waals surface area contributed by atoms with E-state index in [0.29, 0.717) is 12.5 Å². The average Bonchev–Trinajstić information content (AvgIpc) is 2.35. The molecule has 0 aromatic heterocycles. The number of nitrogens with one attached hydrogen (secondary N) is 1. The fourth-order valence-corrected chi connectivity index (χ4v) is 2.55. The zero-order valence-corrected chi connectivity index (χ0v) is 11.2. The van der Waals surface area contributed by atoms with Crippen molar-refractivity contribution < 1.29 is 14.7 Å². The van der Waals surface area contributed by atoms with Crippen molar-refractivity contribution in [2.75, 3.05) is 6.54 Å². The fourth-order valence-electron chi connectivity index (χ4n) is 2.55. The van der Waals surface area contributed by atoms with Gasteiger partial charge in [-0.3, -0.25) is 4.79 Å². The monoisotopic (exact) mass is 253 g/mol. The molecule has 0 radical (unpaired) electrons. The van der Waals surface area contributed by atoms with E-state index in [0.717, 1.165) is 12.2 Å². The second-order valence-corrected chi connectivity index (χ2v) is 5.71. The van der Waals surface area contributed by atoms with Crippen LogP contribution in [0.3, 0.4) is 0 Å². The molecule has 1 fully saturated rings. The Morgan fingerprint density at radius 2 is 1.83 bits per heavy atom. The summed E-state index contributed by atoms with van der Waals surface area (Å²) in [5.41, 5.74) is 0.0765. The third-order valence-electron chi connectivity index (χ3n) is 3.81. The van der Waals surface area contributed by atoms with Gasteiger partial charge in [-0.15, -0.1) is 0 Å².